The highest BCUT2D eigenvalue weighted by Gasteiger charge is 2.34. The Balaban J connectivity index is 1.83. The fourth-order valence-corrected chi connectivity index (χ4v) is 4.08. The second-order valence-corrected chi connectivity index (χ2v) is 8.02. The molecule has 0 fully saturated rings. The van der Waals surface area contributed by atoms with Gasteiger partial charge in [-0.25, -0.2) is 4.79 Å². The van der Waals surface area contributed by atoms with Gasteiger partial charge in [0.15, 0.2) is 5.11 Å². The van der Waals surface area contributed by atoms with Crippen LogP contribution in [0.3, 0.4) is 0 Å². The van der Waals surface area contributed by atoms with Crippen LogP contribution in [-0.2, 0) is 14.3 Å². The minimum atomic E-state index is -0.555. The van der Waals surface area contributed by atoms with E-state index < -0.39 is 22.8 Å². The number of hydrogen-bond donors (Lipinski definition) is 2. The van der Waals surface area contributed by atoms with Crippen LogP contribution in [0.1, 0.15) is 35.8 Å². The molecule has 0 saturated carbocycles. The molecule has 11 heteroatoms. The highest BCUT2D eigenvalue weighted by molar-refractivity contribution is 7.80. The molecule has 1 atom stereocenters. The number of carbonyl (C=O) groups excluding carboxylic acids is 2. The van der Waals surface area contributed by atoms with Crippen LogP contribution < -0.4 is 10.6 Å². The smallest absolute Gasteiger partial charge is 0.338 e. The molecular formula is C24H26N4O6S. The van der Waals surface area contributed by atoms with Gasteiger partial charge in [-0.05, 0) is 49.8 Å². The summed E-state index contributed by atoms with van der Waals surface area (Å²) in [6, 6.07) is 11.8. The molecule has 2 aromatic rings. The molecule has 0 radical (unpaired) electrons. The number of ether oxygens (including phenoxy) is 2. The molecule has 35 heavy (non-hydrogen) atoms. The molecule has 184 valence electrons. The highest BCUT2D eigenvalue weighted by atomic mass is 32.1. The Hall–Kier alpha value is -3.83. The number of anilines is 1. The van der Waals surface area contributed by atoms with Crippen LogP contribution in [0.5, 0.6) is 0 Å². The molecule has 3 rings (SSSR count). The molecule has 0 aromatic heterocycles. The molecular weight excluding hydrogens is 472 g/mol. The zero-order chi connectivity index (χ0) is 25.5. The third-order valence-electron chi connectivity index (χ3n) is 5.47. The average Bonchev–Trinajstić information content (AvgIpc) is 2.84. The molecule has 0 spiro atoms. The monoisotopic (exact) mass is 498 g/mol. The number of nitrogens with zero attached hydrogens (tertiary/aromatic N) is 2. The van der Waals surface area contributed by atoms with Crippen molar-refractivity contribution in [3.8, 4) is 0 Å². The van der Waals surface area contributed by atoms with Crippen LogP contribution in [-0.4, -0.2) is 53.7 Å². The number of non-ortho nitro benzene ring substituents is 1. The van der Waals surface area contributed by atoms with E-state index in [4.69, 9.17) is 21.7 Å². The summed E-state index contributed by atoms with van der Waals surface area (Å²) in [6.07, 6.45) is 0. The first-order valence-corrected chi connectivity index (χ1v) is 11.3. The summed E-state index contributed by atoms with van der Waals surface area (Å²) in [5.74, 6) is -0.948. The molecule has 1 aliphatic rings. The number of nitro benzene ring substituents is 1. The summed E-state index contributed by atoms with van der Waals surface area (Å²) in [5.41, 5.74) is 2.37. The van der Waals surface area contributed by atoms with E-state index in [0.29, 0.717) is 28.6 Å². The number of rotatable bonds is 9. The normalized spacial score (nSPS) is 15.5. The molecule has 2 N–H and O–H groups in total. The Morgan fingerprint density at radius 3 is 2.54 bits per heavy atom. The van der Waals surface area contributed by atoms with Crippen LogP contribution in [0.4, 0.5) is 11.4 Å². The molecule has 1 heterocycles. The number of amides is 1. The number of thiocarbonyl (C=S) groups is 1. The predicted octanol–water partition coefficient (Wildman–Crippen LogP) is 3.56. The Bertz CT molecular complexity index is 1160. The van der Waals surface area contributed by atoms with Crippen LogP contribution in [0.2, 0.25) is 0 Å². The summed E-state index contributed by atoms with van der Waals surface area (Å²) in [5, 5.41) is 17.4. The number of allylic oxidation sites excluding steroid dienone is 1. The number of nitrogens with one attached hydrogen (secondary N) is 2. The lowest BCUT2D eigenvalue weighted by atomic mass is 9.95. The van der Waals surface area contributed by atoms with Crippen LogP contribution in [0.15, 0.2) is 59.8 Å². The second-order valence-electron chi connectivity index (χ2n) is 7.64. The fraction of sp³-hybridized carbons (Fsp3) is 0.292. The van der Waals surface area contributed by atoms with E-state index in [0.717, 1.165) is 5.56 Å². The van der Waals surface area contributed by atoms with Crippen molar-refractivity contribution in [3.63, 3.8) is 0 Å². The minimum absolute atomic E-state index is 0.123. The summed E-state index contributed by atoms with van der Waals surface area (Å²) in [7, 11) is 1.53. The van der Waals surface area contributed by atoms with Crippen molar-refractivity contribution < 1.29 is 24.0 Å². The first-order chi connectivity index (χ1) is 16.8. The van der Waals surface area contributed by atoms with E-state index in [1.54, 1.807) is 24.3 Å². The van der Waals surface area contributed by atoms with E-state index in [1.165, 1.54) is 31.4 Å². The van der Waals surface area contributed by atoms with Gasteiger partial charge in [0.1, 0.15) is 6.61 Å². The maximum Gasteiger partial charge on any atom is 0.338 e. The van der Waals surface area contributed by atoms with Gasteiger partial charge < -0.3 is 25.0 Å². The number of hydrogen-bond acceptors (Lipinski definition) is 7. The van der Waals surface area contributed by atoms with E-state index in [1.807, 2.05) is 18.7 Å². The molecule has 0 saturated heterocycles. The van der Waals surface area contributed by atoms with Crippen molar-refractivity contribution in [1.82, 2.24) is 10.2 Å². The van der Waals surface area contributed by atoms with Gasteiger partial charge in [-0.2, -0.15) is 0 Å². The Morgan fingerprint density at radius 1 is 1.20 bits per heavy atom. The first-order valence-electron chi connectivity index (χ1n) is 10.9. The first kappa shape index (κ1) is 25.8. The maximum atomic E-state index is 12.9. The molecule has 2 aromatic carbocycles. The Morgan fingerprint density at radius 2 is 1.91 bits per heavy atom. The van der Waals surface area contributed by atoms with Crippen molar-refractivity contribution >= 4 is 40.6 Å². The van der Waals surface area contributed by atoms with Crippen LogP contribution in [0, 0.1) is 10.1 Å². The van der Waals surface area contributed by atoms with Gasteiger partial charge in [-0.1, -0.05) is 18.2 Å². The third kappa shape index (κ3) is 6.00. The van der Waals surface area contributed by atoms with Crippen LogP contribution >= 0.6 is 12.2 Å². The summed E-state index contributed by atoms with van der Waals surface area (Å²) in [4.78, 5) is 37.7. The largest absolute Gasteiger partial charge is 0.460 e. The standard InChI is InChI=1S/C24H26N4O6S/c1-4-27-15(2)20(23(30)34-13-12-33-3)21(26-24(27)35)16-8-10-18(11-9-16)25-22(29)17-6-5-7-19(14-17)28(31)32/h5-11,14,21H,4,12-13H2,1-3H3,(H,25,29)(H,26,35). The molecule has 1 aliphatic heterocycles. The maximum absolute atomic E-state index is 12.9. The van der Waals surface area contributed by atoms with Crippen LogP contribution in [0.25, 0.3) is 0 Å². The SMILES string of the molecule is CCN1C(=S)NC(c2ccc(NC(=O)c3cccc([N+](=O)[O-])c3)cc2)C(C(=O)OCCOC)=C1C. The molecule has 1 unspecified atom stereocenters. The average molecular weight is 499 g/mol. The fourth-order valence-electron chi connectivity index (χ4n) is 3.69. The Kier molecular flexibility index (Phi) is 8.50. The van der Waals surface area contributed by atoms with Crippen molar-refractivity contribution in [2.24, 2.45) is 0 Å². The van der Waals surface area contributed by atoms with E-state index in [2.05, 4.69) is 10.6 Å². The zero-order valence-electron chi connectivity index (χ0n) is 19.6. The zero-order valence-corrected chi connectivity index (χ0v) is 20.4. The van der Waals surface area contributed by atoms with Gasteiger partial charge in [0.25, 0.3) is 11.6 Å². The van der Waals surface area contributed by atoms with Crippen molar-refractivity contribution in [2.75, 3.05) is 32.2 Å². The van der Waals surface area contributed by atoms with E-state index in [-0.39, 0.29) is 24.5 Å². The molecule has 0 bridgehead atoms. The number of esters is 1. The van der Waals surface area contributed by atoms with Gasteiger partial charge in [0, 0.05) is 42.7 Å². The lowest BCUT2D eigenvalue weighted by molar-refractivity contribution is -0.384. The summed E-state index contributed by atoms with van der Waals surface area (Å²) in [6.45, 7) is 4.75. The van der Waals surface area contributed by atoms with Crippen molar-refractivity contribution in [1.29, 1.82) is 0 Å². The number of carbonyl (C=O) groups is 2. The van der Waals surface area contributed by atoms with Gasteiger partial charge in [-0.3, -0.25) is 14.9 Å². The molecule has 10 nitrogen and oxygen atoms in total. The van der Waals surface area contributed by atoms with Gasteiger partial charge >= 0.3 is 5.97 Å². The Labute approximate surface area is 208 Å². The quantitative estimate of drug-likeness (QED) is 0.176. The van der Waals surface area contributed by atoms with Gasteiger partial charge in [-0.15, -0.1) is 0 Å². The number of benzene rings is 2. The van der Waals surface area contributed by atoms with Gasteiger partial charge in [0.05, 0.1) is 23.1 Å². The molecule has 1 amide bonds. The van der Waals surface area contributed by atoms with Crippen molar-refractivity contribution in [2.45, 2.75) is 19.9 Å². The predicted molar refractivity (Wildman–Crippen MR) is 134 cm³/mol. The third-order valence-corrected chi connectivity index (χ3v) is 5.81. The minimum Gasteiger partial charge on any atom is -0.460 e. The number of methoxy groups -OCH3 is 1. The topological polar surface area (TPSA) is 123 Å². The lowest BCUT2D eigenvalue weighted by Gasteiger charge is -2.37. The van der Waals surface area contributed by atoms with Gasteiger partial charge in [0.2, 0.25) is 0 Å². The number of nitro groups is 1. The lowest BCUT2D eigenvalue weighted by Crippen LogP contribution is -2.47. The van der Waals surface area contributed by atoms with E-state index >= 15 is 0 Å². The summed E-state index contributed by atoms with van der Waals surface area (Å²) >= 11 is 5.50. The van der Waals surface area contributed by atoms with E-state index in [9.17, 15) is 19.7 Å². The second kappa shape index (κ2) is 11.5. The molecule has 0 aliphatic carbocycles. The highest BCUT2D eigenvalue weighted by Crippen LogP contribution is 2.32. The summed E-state index contributed by atoms with van der Waals surface area (Å²) < 4.78 is 10.4. The van der Waals surface area contributed by atoms with Crippen molar-refractivity contribution in [3.05, 3.63) is 81.0 Å².